The van der Waals surface area contributed by atoms with Crippen LogP contribution in [0, 0.1) is 6.92 Å². The van der Waals surface area contributed by atoms with Gasteiger partial charge in [-0.25, -0.2) is 4.79 Å². The van der Waals surface area contributed by atoms with Crippen molar-refractivity contribution in [3.05, 3.63) is 99.5 Å². The summed E-state index contributed by atoms with van der Waals surface area (Å²) in [6.45, 7) is 2.37. The molecule has 2 aromatic carbocycles. The molecule has 142 valence electrons. The summed E-state index contributed by atoms with van der Waals surface area (Å²) in [5.41, 5.74) is 2.63. The van der Waals surface area contributed by atoms with Crippen LogP contribution < -0.4 is 10.9 Å². The number of aromatic nitrogens is 1. The third kappa shape index (κ3) is 4.17. The van der Waals surface area contributed by atoms with E-state index in [4.69, 9.17) is 0 Å². The Morgan fingerprint density at radius 3 is 2.39 bits per heavy atom. The van der Waals surface area contributed by atoms with Crippen LogP contribution in [0.15, 0.2) is 71.7 Å². The fourth-order valence-electron chi connectivity index (χ4n) is 2.81. The molecule has 0 aliphatic rings. The first-order valence-electron chi connectivity index (χ1n) is 8.73. The number of amides is 1. The Morgan fingerprint density at radius 1 is 1.00 bits per heavy atom. The molecule has 0 bridgehead atoms. The summed E-state index contributed by atoms with van der Waals surface area (Å²) in [4.78, 5) is 36.8. The Bertz CT molecular complexity index is 1070. The van der Waals surface area contributed by atoms with E-state index in [9.17, 15) is 14.4 Å². The lowest BCUT2D eigenvalue weighted by Gasteiger charge is -2.11. The second-order valence-corrected chi connectivity index (χ2v) is 6.30. The lowest BCUT2D eigenvalue weighted by molar-refractivity contribution is 0.0600. The SMILES string of the molecule is COC(=O)c1ccc(NC(=O)c2cccn(Cc3ccccc3C)c2=O)cc1. The molecule has 28 heavy (non-hydrogen) atoms. The number of benzene rings is 2. The van der Waals surface area contributed by atoms with Gasteiger partial charge in [-0.15, -0.1) is 0 Å². The van der Waals surface area contributed by atoms with Crippen molar-refractivity contribution in [3.8, 4) is 0 Å². The number of hydrogen-bond acceptors (Lipinski definition) is 4. The zero-order valence-corrected chi connectivity index (χ0v) is 15.6. The van der Waals surface area contributed by atoms with Crippen molar-refractivity contribution in [2.24, 2.45) is 0 Å². The minimum absolute atomic E-state index is 0.0492. The summed E-state index contributed by atoms with van der Waals surface area (Å²) in [7, 11) is 1.30. The summed E-state index contributed by atoms with van der Waals surface area (Å²) >= 11 is 0. The number of pyridine rings is 1. The number of ether oxygens (including phenoxy) is 1. The Hall–Kier alpha value is -3.67. The van der Waals surface area contributed by atoms with Gasteiger partial charge in [-0.05, 0) is 54.4 Å². The van der Waals surface area contributed by atoms with Gasteiger partial charge < -0.3 is 14.6 Å². The molecule has 0 saturated heterocycles. The number of aryl methyl sites for hydroxylation is 1. The number of hydrogen-bond donors (Lipinski definition) is 1. The van der Waals surface area contributed by atoms with E-state index in [-0.39, 0.29) is 11.1 Å². The molecule has 0 saturated carbocycles. The molecule has 0 spiro atoms. The summed E-state index contributed by atoms with van der Waals surface area (Å²) in [6, 6.07) is 17.2. The third-order valence-electron chi connectivity index (χ3n) is 4.43. The highest BCUT2D eigenvalue weighted by molar-refractivity contribution is 6.04. The van der Waals surface area contributed by atoms with Crippen molar-refractivity contribution in [3.63, 3.8) is 0 Å². The van der Waals surface area contributed by atoms with Gasteiger partial charge >= 0.3 is 5.97 Å². The molecule has 1 aromatic heterocycles. The largest absolute Gasteiger partial charge is 0.465 e. The highest BCUT2D eigenvalue weighted by Crippen LogP contribution is 2.12. The molecule has 0 aliphatic carbocycles. The molecule has 6 nitrogen and oxygen atoms in total. The van der Waals surface area contributed by atoms with E-state index in [1.807, 2.05) is 31.2 Å². The van der Waals surface area contributed by atoms with Crippen molar-refractivity contribution in [2.45, 2.75) is 13.5 Å². The summed E-state index contributed by atoms with van der Waals surface area (Å²) in [6.07, 6.45) is 1.66. The van der Waals surface area contributed by atoms with Crippen molar-refractivity contribution < 1.29 is 14.3 Å². The van der Waals surface area contributed by atoms with Crippen LogP contribution in [0.4, 0.5) is 5.69 Å². The first kappa shape index (κ1) is 19.1. The van der Waals surface area contributed by atoms with E-state index < -0.39 is 11.9 Å². The quantitative estimate of drug-likeness (QED) is 0.694. The van der Waals surface area contributed by atoms with Crippen LogP contribution in [0.3, 0.4) is 0 Å². The normalized spacial score (nSPS) is 10.4. The predicted molar refractivity (Wildman–Crippen MR) is 107 cm³/mol. The average Bonchev–Trinajstić information content (AvgIpc) is 2.71. The molecule has 0 atom stereocenters. The van der Waals surface area contributed by atoms with Crippen LogP contribution in [0.25, 0.3) is 0 Å². The maximum absolute atomic E-state index is 12.7. The van der Waals surface area contributed by atoms with Crippen molar-refractivity contribution in [1.29, 1.82) is 0 Å². The zero-order valence-electron chi connectivity index (χ0n) is 15.6. The molecule has 0 unspecified atom stereocenters. The number of anilines is 1. The highest BCUT2D eigenvalue weighted by atomic mass is 16.5. The van der Waals surface area contributed by atoms with Crippen molar-refractivity contribution in [2.75, 3.05) is 12.4 Å². The number of methoxy groups -OCH3 is 1. The van der Waals surface area contributed by atoms with Crippen molar-refractivity contribution >= 4 is 17.6 Å². The minimum atomic E-state index is -0.505. The average molecular weight is 376 g/mol. The monoisotopic (exact) mass is 376 g/mol. The molecule has 1 heterocycles. The van der Waals surface area contributed by atoms with E-state index in [2.05, 4.69) is 10.1 Å². The Morgan fingerprint density at radius 2 is 1.71 bits per heavy atom. The molecule has 0 aliphatic heterocycles. The number of rotatable bonds is 5. The first-order valence-corrected chi connectivity index (χ1v) is 8.73. The summed E-state index contributed by atoms with van der Waals surface area (Å²) < 4.78 is 6.15. The maximum atomic E-state index is 12.7. The molecular weight excluding hydrogens is 356 g/mol. The minimum Gasteiger partial charge on any atom is -0.465 e. The molecule has 1 amide bonds. The van der Waals surface area contributed by atoms with E-state index in [0.29, 0.717) is 17.8 Å². The number of nitrogens with zero attached hydrogens (tertiary/aromatic N) is 1. The smallest absolute Gasteiger partial charge is 0.337 e. The second-order valence-electron chi connectivity index (χ2n) is 6.30. The fraction of sp³-hybridized carbons (Fsp3) is 0.136. The second kappa shape index (κ2) is 8.35. The number of carbonyl (C=O) groups is 2. The molecule has 6 heteroatoms. The van der Waals surface area contributed by atoms with Gasteiger partial charge in [0.1, 0.15) is 5.56 Å². The topological polar surface area (TPSA) is 77.4 Å². The Balaban J connectivity index is 1.80. The van der Waals surface area contributed by atoms with Gasteiger partial charge in [-0.2, -0.15) is 0 Å². The van der Waals surface area contributed by atoms with Gasteiger partial charge in [0.15, 0.2) is 0 Å². The maximum Gasteiger partial charge on any atom is 0.337 e. The number of esters is 1. The molecule has 3 rings (SSSR count). The third-order valence-corrected chi connectivity index (χ3v) is 4.43. The van der Waals surface area contributed by atoms with Gasteiger partial charge in [0.25, 0.3) is 11.5 Å². The van der Waals surface area contributed by atoms with Gasteiger partial charge in [0, 0.05) is 11.9 Å². The lowest BCUT2D eigenvalue weighted by Crippen LogP contribution is -2.29. The van der Waals surface area contributed by atoms with E-state index >= 15 is 0 Å². The van der Waals surface area contributed by atoms with E-state index in [0.717, 1.165) is 11.1 Å². The number of carbonyl (C=O) groups excluding carboxylic acids is 2. The molecular formula is C22H20N2O4. The lowest BCUT2D eigenvalue weighted by atomic mass is 10.1. The van der Waals surface area contributed by atoms with Crippen LogP contribution in [-0.2, 0) is 11.3 Å². The number of nitrogens with one attached hydrogen (secondary N) is 1. The molecule has 3 aromatic rings. The van der Waals surface area contributed by atoms with Gasteiger partial charge in [-0.1, -0.05) is 24.3 Å². The Kier molecular flexibility index (Phi) is 5.69. The molecule has 0 fully saturated rings. The van der Waals surface area contributed by atoms with Crippen LogP contribution >= 0.6 is 0 Å². The van der Waals surface area contributed by atoms with Crippen molar-refractivity contribution in [1.82, 2.24) is 4.57 Å². The van der Waals surface area contributed by atoms with E-state index in [1.165, 1.54) is 17.7 Å². The van der Waals surface area contributed by atoms with Gasteiger partial charge in [-0.3, -0.25) is 9.59 Å². The standard InChI is InChI=1S/C22H20N2O4/c1-15-6-3-4-7-17(15)14-24-13-5-8-19(21(24)26)20(25)23-18-11-9-16(10-12-18)22(27)28-2/h3-13H,14H2,1-2H3,(H,23,25). The highest BCUT2D eigenvalue weighted by Gasteiger charge is 2.13. The van der Waals surface area contributed by atoms with E-state index in [1.54, 1.807) is 36.5 Å². The molecule has 0 radical (unpaired) electrons. The van der Waals surface area contributed by atoms with Crippen LogP contribution in [0.1, 0.15) is 31.8 Å². The fourth-order valence-corrected chi connectivity index (χ4v) is 2.81. The molecule has 1 N–H and O–H groups in total. The van der Waals surface area contributed by atoms with Gasteiger partial charge in [0.05, 0.1) is 19.2 Å². The Labute approximate surface area is 162 Å². The van der Waals surface area contributed by atoms with Crippen LogP contribution in [-0.4, -0.2) is 23.6 Å². The summed E-state index contributed by atoms with van der Waals surface area (Å²) in [5, 5.41) is 2.68. The van der Waals surface area contributed by atoms with Crippen LogP contribution in [0.5, 0.6) is 0 Å². The summed E-state index contributed by atoms with van der Waals surface area (Å²) in [5.74, 6) is -0.963. The predicted octanol–water partition coefficient (Wildman–Crippen LogP) is 3.24. The van der Waals surface area contributed by atoms with Gasteiger partial charge in [0.2, 0.25) is 0 Å². The van der Waals surface area contributed by atoms with Crippen LogP contribution in [0.2, 0.25) is 0 Å². The zero-order chi connectivity index (χ0) is 20.1. The first-order chi connectivity index (χ1) is 13.5.